The van der Waals surface area contributed by atoms with Crippen molar-refractivity contribution in [2.75, 3.05) is 24.3 Å². The normalized spacial score (nSPS) is 11.7. The van der Waals surface area contributed by atoms with E-state index >= 15 is 0 Å². The zero-order valence-electron chi connectivity index (χ0n) is 17.3. The molecule has 0 aliphatic carbocycles. The molecule has 1 unspecified atom stereocenters. The second kappa shape index (κ2) is 9.82. The summed E-state index contributed by atoms with van der Waals surface area (Å²) in [6, 6.07) is 20.2. The Kier molecular flexibility index (Phi) is 6.95. The molecule has 0 aliphatic heterocycles. The van der Waals surface area contributed by atoms with Gasteiger partial charge in [0.1, 0.15) is 5.75 Å². The number of urea groups is 1. The van der Waals surface area contributed by atoms with Crippen LogP contribution in [0.15, 0.2) is 60.7 Å². The molecule has 0 bridgehead atoms. The number of carbonyl (C=O) groups excluding carboxylic acids is 1. The first-order valence-electron chi connectivity index (χ1n) is 10.00. The lowest BCUT2D eigenvalue weighted by molar-refractivity contribution is 0.252. The number of hydrogen-bond donors (Lipinski definition) is 3. The number of fused-ring (bicyclic) bond motifs is 1. The van der Waals surface area contributed by atoms with Crippen LogP contribution in [0, 0.1) is 6.92 Å². The van der Waals surface area contributed by atoms with E-state index in [1.807, 2.05) is 55.5 Å². The zero-order valence-corrected chi connectivity index (χ0v) is 17.3. The molecule has 3 N–H and O–H groups in total. The topological polar surface area (TPSA) is 62.4 Å². The Hall–Kier alpha value is -3.21. The summed E-state index contributed by atoms with van der Waals surface area (Å²) in [7, 11) is 1.69. The highest BCUT2D eigenvalue weighted by atomic mass is 16.5. The van der Waals surface area contributed by atoms with E-state index in [4.69, 9.17) is 4.74 Å². The molecule has 5 heteroatoms. The maximum atomic E-state index is 12.0. The van der Waals surface area contributed by atoms with Gasteiger partial charge in [-0.2, -0.15) is 0 Å². The molecule has 0 saturated carbocycles. The van der Waals surface area contributed by atoms with E-state index in [9.17, 15) is 4.79 Å². The number of benzene rings is 3. The Bertz CT molecular complexity index is 971. The van der Waals surface area contributed by atoms with E-state index in [0.717, 1.165) is 40.9 Å². The van der Waals surface area contributed by atoms with Crippen molar-refractivity contribution in [2.45, 2.75) is 32.7 Å². The molecule has 3 aromatic carbocycles. The first-order chi connectivity index (χ1) is 14.0. The monoisotopic (exact) mass is 391 g/mol. The van der Waals surface area contributed by atoms with E-state index < -0.39 is 0 Å². The van der Waals surface area contributed by atoms with Crippen LogP contribution in [0.25, 0.3) is 10.8 Å². The molecule has 3 aromatic rings. The number of hydrogen-bond acceptors (Lipinski definition) is 3. The largest absolute Gasteiger partial charge is 0.497 e. The molecule has 3 rings (SSSR count). The number of aryl methyl sites for hydroxylation is 1. The fraction of sp³-hybridized carbons (Fsp3) is 0.292. The Morgan fingerprint density at radius 3 is 2.69 bits per heavy atom. The number of rotatable bonds is 8. The minimum absolute atomic E-state index is 0.171. The molecular formula is C24H29N3O2. The maximum Gasteiger partial charge on any atom is 0.319 e. The van der Waals surface area contributed by atoms with Crippen LogP contribution in [-0.4, -0.2) is 25.7 Å². The van der Waals surface area contributed by atoms with Crippen LogP contribution in [0.5, 0.6) is 5.75 Å². The Balaban J connectivity index is 1.47. The smallest absolute Gasteiger partial charge is 0.319 e. The second-order valence-corrected chi connectivity index (χ2v) is 7.33. The molecular weight excluding hydrogens is 362 g/mol. The van der Waals surface area contributed by atoms with Crippen LogP contribution in [-0.2, 0) is 0 Å². The van der Waals surface area contributed by atoms with Crippen molar-refractivity contribution in [3.05, 3.63) is 66.2 Å². The van der Waals surface area contributed by atoms with Crippen LogP contribution in [0.2, 0.25) is 0 Å². The molecule has 0 radical (unpaired) electrons. The zero-order chi connectivity index (χ0) is 20.6. The van der Waals surface area contributed by atoms with Crippen LogP contribution >= 0.6 is 0 Å². The summed E-state index contributed by atoms with van der Waals surface area (Å²) in [5.41, 5.74) is 2.99. The van der Waals surface area contributed by atoms with Gasteiger partial charge in [-0.1, -0.05) is 36.4 Å². The average molecular weight is 392 g/mol. The van der Waals surface area contributed by atoms with E-state index in [1.165, 1.54) is 5.39 Å². The van der Waals surface area contributed by atoms with Crippen LogP contribution in [0.3, 0.4) is 0 Å². The Labute approximate surface area is 172 Å². The Morgan fingerprint density at radius 1 is 1.07 bits per heavy atom. The number of carbonyl (C=O) groups is 1. The molecule has 29 heavy (non-hydrogen) atoms. The Morgan fingerprint density at radius 2 is 1.90 bits per heavy atom. The van der Waals surface area contributed by atoms with Crippen molar-refractivity contribution in [1.82, 2.24) is 5.32 Å². The van der Waals surface area contributed by atoms with Crippen molar-refractivity contribution in [3.63, 3.8) is 0 Å². The van der Waals surface area contributed by atoms with Gasteiger partial charge in [0.25, 0.3) is 0 Å². The quantitative estimate of drug-likeness (QED) is 0.441. The molecule has 5 nitrogen and oxygen atoms in total. The predicted octanol–water partition coefficient (Wildman–Crippen LogP) is 5.56. The summed E-state index contributed by atoms with van der Waals surface area (Å²) in [4.78, 5) is 12.0. The summed E-state index contributed by atoms with van der Waals surface area (Å²) in [5.74, 6) is 0.841. The van der Waals surface area contributed by atoms with Crippen molar-refractivity contribution in [2.24, 2.45) is 0 Å². The van der Waals surface area contributed by atoms with Gasteiger partial charge >= 0.3 is 6.03 Å². The lowest BCUT2D eigenvalue weighted by atomic mass is 10.1. The minimum atomic E-state index is -0.171. The lowest BCUT2D eigenvalue weighted by Crippen LogP contribution is -2.30. The lowest BCUT2D eigenvalue weighted by Gasteiger charge is -2.18. The summed E-state index contributed by atoms with van der Waals surface area (Å²) in [6.45, 7) is 4.78. The van der Waals surface area contributed by atoms with Crippen molar-refractivity contribution < 1.29 is 9.53 Å². The molecule has 0 heterocycles. The third-order valence-corrected chi connectivity index (χ3v) is 4.85. The van der Waals surface area contributed by atoms with Gasteiger partial charge in [0.15, 0.2) is 0 Å². The predicted molar refractivity (Wildman–Crippen MR) is 121 cm³/mol. The van der Waals surface area contributed by atoms with Gasteiger partial charge in [-0.05, 0) is 55.8 Å². The molecule has 2 amide bonds. The van der Waals surface area contributed by atoms with Crippen molar-refractivity contribution in [3.8, 4) is 5.75 Å². The van der Waals surface area contributed by atoms with Gasteiger partial charge in [-0.15, -0.1) is 0 Å². The molecule has 0 fully saturated rings. The minimum Gasteiger partial charge on any atom is -0.497 e. The first kappa shape index (κ1) is 20.5. The summed E-state index contributed by atoms with van der Waals surface area (Å²) < 4.78 is 5.43. The molecule has 0 spiro atoms. The van der Waals surface area contributed by atoms with Gasteiger partial charge < -0.3 is 20.7 Å². The van der Waals surface area contributed by atoms with E-state index in [-0.39, 0.29) is 12.1 Å². The van der Waals surface area contributed by atoms with E-state index in [2.05, 4.69) is 35.0 Å². The number of amides is 2. The summed E-state index contributed by atoms with van der Waals surface area (Å²) in [6.07, 6.45) is 1.83. The number of nitrogens with one attached hydrogen (secondary N) is 3. The molecule has 0 saturated heterocycles. The fourth-order valence-electron chi connectivity index (χ4n) is 3.37. The summed E-state index contributed by atoms with van der Waals surface area (Å²) in [5, 5.41) is 11.7. The fourth-order valence-corrected chi connectivity index (χ4v) is 3.37. The van der Waals surface area contributed by atoms with Crippen molar-refractivity contribution in [1.29, 1.82) is 0 Å². The molecule has 1 atom stereocenters. The number of methoxy groups -OCH3 is 1. The molecule has 0 aliphatic rings. The van der Waals surface area contributed by atoms with Crippen LogP contribution < -0.4 is 20.7 Å². The van der Waals surface area contributed by atoms with Gasteiger partial charge in [0.05, 0.1) is 7.11 Å². The van der Waals surface area contributed by atoms with Crippen LogP contribution in [0.1, 0.15) is 25.3 Å². The molecule has 152 valence electrons. The summed E-state index contributed by atoms with van der Waals surface area (Å²) >= 11 is 0. The maximum absolute atomic E-state index is 12.0. The highest BCUT2D eigenvalue weighted by molar-refractivity contribution is 5.95. The standard InChI is InChI=1S/C24H29N3O2/c1-17-8-6-11-20(14-17)27-24(28)25-13-7-9-18(2)26-23-16-21(29-3)15-19-10-4-5-12-22(19)23/h4-6,8,10-12,14-16,18,26H,7,9,13H2,1-3H3,(H2,25,27,28). The third-order valence-electron chi connectivity index (χ3n) is 4.85. The highest BCUT2D eigenvalue weighted by Gasteiger charge is 2.08. The van der Waals surface area contributed by atoms with Gasteiger partial charge in [-0.25, -0.2) is 4.79 Å². The molecule has 0 aromatic heterocycles. The van der Waals surface area contributed by atoms with Gasteiger partial charge in [0, 0.05) is 35.4 Å². The van der Waals surface area contributed by atoms with Crippen molar-refractivity contribution >= 4 is 28.2 Å². The number of ether oxygens (including phenoxy) is 1. The SMILES string of the molecule is COc1cc(NC(C)CCCNC(=O)Nc2cccc(C)c2)c2ccccc2c1. The van der Waals surface area contributed by atoms with Crippen LogP contribution in [0.4, 0.5) is 16.2 Å². The average Bonchev–Trinajstić information content (AvgIpc) is 2.71. The highest BCUT2D eigenvalue weighted by Crippen LogP contribution is 2.30. The first-order valence-corrected chi connectivity index (χ1v) is 10.00. The van der Waals surface area contributed by atoms with E-state index in [0.29, 0.717) is 6.54 Å². The third kappa shape index (κ3) is 5.88. The second-order valence-electron chi connectivity index (χ2n) is 7.33. The van der Waals surface area contributed by atoms with Gasteiger partial charge in [0.2, 0.25) is 0 Å². The van der Waals surface area contributed by atoms with Gasteiger partial charge in [-0.3, -0.25) is 0 Å². The number of anilines is 2. The van der Waals surface area contributed by atoms with E-state index in [1.54, 1.807) is 7.11 Å².